The number of hydrogen-bond acceptors (Lipinski definition) is 5. The molecule has 2 saturated heterocycles. The van der Waals surface area contributed by atoms with Crippen LogP contribution in [0.1, 0.15) is 12.8 Å². The fourth-order valence-electron chi connectivity index (χ4n) is 3.59. The molecule has 0 radical (unpaired) electrons. The molecule has 3 heterocycles. The van der Waals surface area contributed by atoms with Crippen molar-refractivity contribution in [2.45, 2.75) is 25.0 Å². The summed E-state index contributed by atoms with van der Waals surface area (Å²) in [4.78, 5) is 6.88. The third-order valence-corrected chi connectivity index (χ3v) is 4.74. The molecule has 0 bridgehead atoms. The zero-order valence-electron chi connectivity index (χ0n) is 13.4. The number of hydrogen-bond donors (Lipinski definition) is 0. The van der Waals surface area contributed by atoms with Gasteiger partial charge in [0.15, 0.2) is 0 Å². The molecule has 122 valence electrons. The van der Waals surface area contributed by atoms with E-state index in [0.29, 0.717) is 0 Å². The van der Waals surface area contributed by atoms with E-state index in [1.54, 1.807) is 7.11 Å². The molecular formula is C18H22N2O3. The predicted octanol–water partition coefficient (Wildman–Crippen LogP) is 2.63. The topological polar surface area (TPSA) is 43.8 Å². The van der Waals surface area contributed by atoms with Crippen LogP contribution in [0.3, 0.4) is 0 Å². The first-order chi connectivity index (χ1) is 11.4. The van der Waals surface area contributed by atoms with Crippen molar-refractivity contribution in [2.24, 2.45) is 0 Å². The highest BCUT2D eigenvalue weighted by atomic mass is 16.5. The Morgan fingerprint density at radius 1 is 1.17 bits per heavy atom. The van der Waals surface area contributed by atoms with Gasteiger partial charge in [0.2, 0.25) is 0 Å². The van der Waals surface area contributed by atoms with Gasteiger partial charge in [0.05, 0.1) is 19.8 Å². The summed E-state index contributed by atoms with van der Waals surface area (Å²) in [6.45, 7) is 3.35. The summed E-state index contributed by atoms with van der Waals surface area (Å²) in [6, 6.07) is 8.16. The molecule has 0 N–H and O–H groups in total. The molecule has 23 heavy (non-hydrogen) atoms. The van der Waals surface area contributed by atoms with Gasteiger partial charge in [-0.15, -0.1) is 0 Å². The molecule has 2 aliphatic rings. The summed E-state index contributed by atoms with van der Waals surface area (Å²) in [6.07, 6.45) is 4.49. The Hall–Kier alpha value is -1.85. The highest BCUT2D eigenvalue weighted by Gasteiger charge is 2.31. The number of anilines is 1. The van der Waals surface area contributed by atoms with Crippen LogP contribution in [0.4, 0.5) is 5.69 Å². The van der Waals surface area contributed by atoms with E-state index in [4.69, 9.17) is 14.2 Å². The summed E-state index contributed by atoms with van der Waals surface area (Å²) >= 11 is 0. The highest BCUT2D eigenvalue weighted by Crippen LogP contribution is 2.32. The molecule has 0 unspecified atom stereocenters. The van der Waals surface area contributed by atoms with E-state index in [2.05, 4.69) is 22.0 Å². The second kappa shape index (κ2) is 6.34. The van der Waals surface area contributed by atoms with Gasteiger partial charge in [-0.25, -0.2) is 0 Å². The average Bonchev–Trinajstić information content (AvgIpc) is 3.15. The van der Waals surface area contributed by atoms with Crippen LogP contribution in [0.5, 0.6) is 5.75 Å². The number of nitrogens with zero attached hydrogens (tertiary/aromatic N) is 2. The van der Waals surface area contributed by atoms with Gasteiger partial charge in [0.1, 0.15) is 17.4 Å². The van der Waals surface area contributed by atoms with Crippen molar-refractivity contribution < 1.29 is 14.2 Å². The van der Waals surface area contributed by atoms with E-state index in [1.165, 1.54) is 5.69 Å². The Bertz CT molecular complexity index is 685. The van der Waals surface area contributed by atoms with E-state index in [9.17, 15) is 0 Å². The molecule has 1 aromatic carbocycles. The molecule has 4 rings (SSSR count). The van der Waals surface area contributed by atoms with Crippen LogP contribution >= 0.6 is 0 Å². The fourth-order valence-corrected chi connectivity index (χ4v) is 3.59. The smallest absolute Gasteiger partial charge is 0.145 e. The maximum absolute atomic E-state index is 5.96. The van der Waals surface area contributed by atoms with Crippen LogP contribution in [-0.2, 0) is 9.47 Å². The summed E-state index contributed by atoms with van der Waals surface area (Å²) in [7, 11) is 1.69. The number of fused-ring (bicyclic) bond motifs is 1. The number of ether oxygens (including phenoxy) is 3. The van der Waals surface area contributed by atoms with Crippen LogP contribution in [0.15, 0.2) is 30.5 Å². The zero-order chi connectivity index (χ0) is 15.6. The van der Waals surface area contributed by atoms with Gasteiger partial charge < -0.3 is 19.1 Å². The fraction of sp³-hybridized carbons (Fsp3) is 0.500. The lowest BCUT2D eigenvalue weighted by molar-refractivity contribution is -0.0542. The van der Waals surface area contributed by atoms with Crippen molar-refractivity contribution in [1.29, 1.82) is 0 Å². The zero-order valence-corrected chi connectivity index (χ0v) is 13.4. The van der Waals surface area contributed by atoms with Crippen molar-refractivity contribution in [3.8, 4) is 5.75 Å². The summed E-state index contributed by atoms with van der Waals surface area (Å²) < 4.78 is 17.2. The summed E-state index contributed by atoms with van der Waals surface area (Å²) in [5, 5.41) is 1.12. The Balaban J connectivity index is 1.65. The Morgan fingerprint density at radius 2 is 2.09 bits per heavy atom. The SMILES string of the molecule is COc1cccc2c(N3CCO[C@@H]([C@@H]4CCCO4)C3)ccnc12. The molecule has 5 heteroatoms. The van der Waals surface area contributed by atoms with Gasteiger partial charge in [0.25, 0.3) is 0 Å². The number of methoxy groups -OCH3 is 1. The normalized spacial score (nSPS) is 25.0. The third-order valence-electron chi connectivity index (χ3n) is 4.74. The monoisotopic (exact) mass is 314 g/mol. The highest BCUT2D eigenvalue weighted by molar-refractivity contribution is 5.95. The van der Waals surface area contributed by atoms with Gasteiger partial charge >= 0.3 is 0 Å². The van der Waals surface area contributed by atoms with Gasteiger partial charge in [-0.3, -0.25) is 4.98 Å². The quantitative estimate of drug-likeness (QED) is 0.871. The number of rotatable bonds is 3. The summed E-state index contributed by atoms with van der Waals surface area (Å²) in [5.41, 5.74) is 2.10. The van der Waals surface area contributed by atoms with E-state index < -0.39 is 0 Å². The first kappa shape index (κ1) is 14.7. The second-order valence-electron chi connectivity index (χ2n) is 6.09. The largest absolute Gasteiger partial charge is 0.494 e. The molecule has 2 fully saturated rings. The van der Waals surface area contributed by atoms with E-state index in [-0.39, 0.29) is 12.2 Å². The number of para-hydroxylation sites is 1. The Labute approximate surface area is 136 Å². The minimum absolute atomic E-state index is 0.153. The standard InChI is InChI=1S/C18H22N2O3/c1-21-16-5-2-4-13-14(7-8-19-18(13)16)20-9-11-23-17(12-20)15-6-3-10-22-15/h2,4-5,7-8,15,17H,3,6,9-12H2,1H3/t15-,17+/m0/s1. The van der Waals surface area contributed by atoms with Crippen molar-refractivity contribution in [3.63, 3.8) is 0 Å². The molecule has 1 aromatic heterocycles. The Kier molecular flexibility index (Phi) is 4.06. The lowest BCUT2D eigenvalue weighted by Crippen LogP contribution is -2.47. The number of benzene rings is 1. The van der Waals surface area contributed by atoms with Gasteiger partial charge in [-0.2, -0.15) is 0 Å². The van der Waals surface area contributed by atoms with Crippen LogP contribution in [0.25, 0.3) is 10.9 Å². The molecule has 0 amide bonds. The van der Waals surface area contributed by atoms with E-state index in [1.807, 2.05) is 18.3 Å². The van der Waals surface area contributed by atoms with Gasteiger partial charge in [0, 0.05) is 37.0 Å². The minimum atomic E-state index is 0.153. The minimum Gasteiger partial charge on any atom is -0.494 e. The molecule has 2 atom stereocenters. The molecule has 0 saturated carbocycles. The average molecular weight is 314 g/mol. The lowest BCUT2D eigenvalue weighted by Gasteiger charge is -2.37. The molecular weight excluding hydrogens is 292 g/mol. The van der Waals surface area contributed by atoms with Crippen LogP contribution in [-0.4, -0.2) is 50.6 Å². The van der Waals surface area contributed by atoms with Crippen molar-refractivity contribution in [3.05, 3.63) is 30.5 Å². The number of aromatic nitrogens is 1. The molecule has 0 spiro atoms. The molecule has 5 nitrogen and oxygen atoms in total. The summed E-state index contributed by atoms with van der Waals surface area (Å²) in [5.74, 6) is 0.813. The van der Waals surface area contributed by atoms with Gasteiger partial charge in [-0.05, 0) is 25.0 Å². The van der Waals surface area contributed by atoms with Crippen LogP contribution in [0, 0.1) is 0 Å². The van der Waals surface area contributed by atoms with E-state index >= 15 is 0 Å². The molecule has 2 aliphatic heterocycles. The molecule has 2 aromatic rings. The molecule has 0 aliphatic carbocycles. The van der Waals surface area contributed by atoms with E-state index in [0.717, 1.165) is 55.8 Å². The second-order valence-corrected chi connectivity index (χ2v) is 6.09. The third kappa shape index (κ3) is 2.75. The van der Waals surface area contributed by atoms with Gasteiger partial charge in [-0.1, -0.05) is 12.1 Å². The van der Waals surface area contributed by atoms with Crippen molar-refractivity contribution in [2.75, 3.05) is 38.3 Å². The van der Waals surface area contributed by atoms with Crippen molar-refractivity contribution >= 4 is 16.6 Å². The Morgan fingerprint density at radius 3 is 2.91 bits per heavy atom. The van der Waals surface area contributed by atoms with Crippen LogP contribution < -0.4 is 9.64 Å². The first-order valence-electron chi connectivity index (χ1n) is 8.26. The first-order valence-corrected chi connectivity index (χ1v) is 8.26. The maximum atomic E-state index is 5.96. The number of pyridine rings is 1. The number of morpholine rings is 1. The van der Waals surface area contributed by atoms with Crippen molar-refractivity contribution in [1.82, 2.24) is 4.98 Å². The predicted molar refractivity (Wildman–Crippen MR) is 89.2 cm³/mol. The lowest BCUT2D eigenvalue weighted by atomic mass is 10.1. The maximum Gasteiger partial charge on any atom is 0.145 e. The van der Waals surface area contributed by atoms with Crippen LogP contribution in [0.2, 0.25) is 0 Å².